The number of anilines is 3. The van der Waals surface area contributed by atoms with Gasteiger partial charge in [-0.25, -0.2) is 0 Å². The van der Waals surface area contributed by atoms with E-state index in [-0.39, 0.29) is 5.41 Å². The third-order valence-corrected chi connectivity index (χ3v) is 13.9. The summed E-state index contributed by atoms with van der Waals surface area (Å²) in [6.07, 6.45) is 2.02. The lowest BCUT2D eigenvalue weighted by molar-refractivity contribution is 0.563. The van der Waals surface area contributed by atoms with Crippen LogP contribution in [0.15, 0.2) is 231 Å². The van der Waals surface area contributed by atoms with Crippen LogP contribution >= 0.6 is 0 Å². The van der Waals surface area contributed by atoms with Gasteiger partial charge in [-0.2, -0.15) is 0 Å². The van der Waals surface area contributed by atoms with Gasteiger partial charge in [0.2, 0.25) is 0 Å². The minimum absolute atomic E-state index is 0.102. The van der Waals surface area contributed by atoms with Crippen molar-refractivity contribution in [3.05, 3.63) is 253 Å². The smallest absolute Gasteiger partial charge is 0.0547 e. The van der Waals surface area contributed by atoms with E-state index in [0.717, 1.165) is 29.9 Å². The van der Waals surface area contributed by atoms with Crippen LogP contribution in [-0.4, -0.2) is 4.57 Å². The zero-order valence-corrected chi connectivity index (χ0v) is 34.7. The number of fused-ring (bicyclic) bond motifs is 10. The van der Waals surface area contributed by atoms with Crippen molar-refractivity contribution in [1.29, 1.82) is 0 Å². The highest BCUT2D eigenvalue weighted by atomic mass is 15.1. The van der Waals surface area contributed by atoms with Crippen molar-refractivity contribution in [3.8, 4) is 39.1 Å². The summed E-state index contributed by atoms with van der Waals surface area (Å²) in [5.74, 6) is 0. The first-order valence-electron chi connectivity index (χ1n) is 22.1. The van der Waals surface area contributed by atoms with Crippen LogP contribution in [0.1, 0.15) is 22.3 Å². The van der Waals surface area contributed by atoms with E-state index < -0.39 is 0 Å². The van der Waals surface area contributed by atoms with Crippen LogP contribution in [0.3, 0.4) is 0 Å². The average Bonchev–Trinajstić information content (AvgIpc) is 3.99. The molecule has 2 nitrogen and oxygen atoms in total. The van der Waals surface area contributed by atoms with Gasteiger partial charge in [-0.1, -0.05) is 164 Å². The third-order valence-electron chi connectivity index (χ3n) is 13.9. The number of hydrogen-bond acceptors (Lipinski definition) is 1. The fourth-order valence-electron chi connectivity index (χ4n) is 11.0. The van der Waals surface area contributed by atoms with Crippen molar-refractivity contribution in [2.24, 2.45) is 0 Å². The summed E-state index contributed by atoms with van der Waals surface area (Å²) in [4.78, 5) is 2.46. The Kier molecular flexibility index (Phi) is 7.98. The van der Waals surface area contributed by atoms with Gasteiger partial charge in [0.05, 0.1) is 11.0 Å². The average molecular weight is 803 g/mol. The molecule has 0 bridgehead atoms. The van der Waals surface area contributed by atoms with Crippen LogP contribution in [0.25, 0.3) is 71.6 Å². The largest absolute Gasteiger partial charge is 0.310 e. The van der Waals surface area contributed by atoms with E-state index in [1.807, 2.05) is 0 Å². The summed E-state index contributed by atoms with van der Waals surface area (Å²) >= 11 is 0. The molecular formula is C61H42N2. The molecule has 2 aliphatic carbocycles. The molecule has 10 aromatic carbocycles. The van der Waals surface area contributed by atoms with Crippen molar-refractivity contribution < 1.29 is 0 Å². The second kappa shape index (κ2) is 14.1. The van der Waals surface area contributed by atoms with Crippen LogP contribution in [0.2, 0.25) is 0 Å². The third kappa shape index (κ3) is 5.65. The number of rotatable bonds is 6. The van der Waals surface area contributed by atoms with E-state index in [1.54, 1.807) is 0 Å². The van der Waals surface area contributed by atoms with Gasteiger partial charge in [-0.05, 0) is 146 Å². The van der Waals surface area contributed by atoms with Crippen molar-refractivity contribution >= 4 is 49.6 Å². The van der Waals surface area contributed by atoms with Gasteiger partial charge >= 0.3 is 0 Å². The molecule has 0 unspecified atom stereocenters. The molecule has 2 aliphatic rings. The summed E-state index contributed by atoms with van der Waals surface area (Å²) in [6, 6.07) is 85.5. The Hall–Kier alpha value is -7.94. The minimum Gasteiger partial charge on any atom is -0.310 e. The van der Waals surface area contributed by atoms with Gasteiger partial charge in [0.25, 0.3) is 0 Å². The molecule has 0 fully saturated rings. The molecule has 0 amide bonds. The molecule has 0 atom stereocenters. The first-order chi connectivity index (χ1) is 31.2. The molecule has 0 N–H and O–H groups in total. The maximum absolute atomic E-state index is 2.51. The summed E-state index contributed by atoms with van der Waals surface area (Å²) in [6.45, 7) is 0. The highest BCUT2D eigenvalue weighted by Gasteiger charge is 2.47. The zero-order valence-electron chi connectivity index (χ0n) is 34.7. The lowest BCUT2D eigenvalue weighted by Gasteiger charge is -2.30. The van der Waals surface area contributed by atoms with Crippen molar-refractivity contribution in [2.45, 2.75) is 18.3 Å². The normalized spacial score (nSPS) is 13.4. The van der Waals surface area contributed by atoms with Gasteiger partial charge in [0.15, 0.2) is 0 Å². The molecule has 63 heavy (non-hydrogen) atoms. The monoisotopic (exact) mass is 802 g/mol. The SMILES string of the molecule is c1ccc(-n2c3ccccc3c3ccc(-c4ccc(N(c5cccc(-c6ccc7ccccc7c6)c5)c5ccc6c(c5)C5(Cc7ccccc7C5)c5ccccc5-6)cc4)cc32)cc1. The Morgan fingerprint density at radius 3 is 1.83 bits per heavy atom. The van der Waals surface area contributed by atoms with E-state index in [9.17, 15) is 0 Å². The fraction of sp³-hybridized carbons (Fsp3) is 0.0492. The molecule has 2 heteroatoms. The van der Waals surface area contributed by atoms with E-state index in [2.05, 4.69) is 240 Å². The Morgan fingerprint density at radius 1 is 0.349 bits per heavy atom. The van der Waals surface area contributed by atoms with E-state index >= 15 is 0 Å². The number of benzene rings is 10. The van der Waals surface area contributed by atoms with Crippen LogP contribution in [-0.2, 0) is 18.3 Å². The molecule has 0 radical (unpaired) electrons. The molecule has 0 saturated heterocycles. The predicted molar refractivity (Wildman–Crippen MR) is 264 cm³/mol. The van der Waals surface area contributed by atoms with Gasteiger partial charge in [0.1, 0.15) is 0 Å². The summed E-state index contributed by atoms with van der Waals surface area (Å²) in [5.41, 5.74) is 20.2. The molecule has 0 saturated carbocycles. The summed E-state index contributed by atoms with van der Waals surface area (Å²) in [7, 11) is 0. The Labute approximate surface area is 367 Å². The Bertz CT molecular complexity index is 3550. The maximum atomic E-state index is 2.51. The van der Waals surface area contributed by atoms with Crippen LogP contribution < -0.4 is 4.90 Å². The molecular weight excluding hydrogens is 761 g/mol. The van der Waals surface area contributed by atoms with Gasteiger partial charge in [-0.3, -0.25) is 0 Å². The quantitative estimate of drug-likeness (QED) is 0.163. The van der Waals surface area contributed by atoms with Crippen molar-refractivity contribution in [2.75, 3.05) is 4.90 Å². The maximum Gasteiger partial charge on any atom is 0.0547 e. The lowest BCUT2D eigenvalue weighted by Crippen LogP contribution is -2.26. The topological polar surface area (TPSA) is 8.17 Å². The number of para-hydroxylation sites is 2. The van der Waals surface area contributed by atoms with E-state index in [1.165, 1.54) is 93.9 Å². The number of nitrogens with zero attached hydrogens (tertiary/aromatic N) is 2. The van der Waals surface area contributed by atoms with Gasteiger partial charge < -0.3 is 9.47 Å². The molecule has 1 spiro atoms. The fourth-order valence-corrected chi connectivity index (χ4v) is 11.0. The zero-order chi connectivity index (χ0) is 41.5. The molecule has 1 heterocycles. The lowest BCUT2D eigenvalue weighted by atomic mass is 9.75. The van der Waals surface area contributed by atoms with Gasteiger partial charge in [0, 0.05) is 38.9 Å². The predicted octanol–water partition coefficient (Wildman–Crippen LogP) is 15.8. The van der Waals surface area contributed by atoms with Crippen LogP contribution in [0.5, 0.6) is 0 Å². The van der Waals surface area contributed by atoms with Crippen molar-refractivity contribution in [1.82, 2.24) is 4.57 Å². The summed E-state index contributed by atoms with van der Waals surface area (Å²) in [5, 5.41) is 5.02. The number of hydrogen-bond donors (Lipinski definition) is 0. The van der Waals surface area contributed by atoms with Crippen molar-refractivity contribution in [3.63, 3.8) is 0 Å². The standard InChI is InChI=1S/C61H42N2/c1-2-18-49(19-3-1)63-59-24-11-9-22-55(59)56-33-29-46(37-60(56)63)42-27-30-50(31-28-42)62(51-20-12-17-44(36-51)45-26-25-41-13-4-5-14-43(41)35-45)52-32-34-54-53-21-8-10-23-57(53)61(58(54)38-52)39-47-15-6-7-16-48(47)40-61/h1-38H,39-40H2. The Morgan fingerprint density at radius 2 is 0.968 bits per heavy atom. The second-order valence-corrected chi connectivity index (χ2v) is 17.4. The van der Waals surface area contributed by atoms with E-state index in [0.29, 0.717) is 0 Å². The first-order valence-corrected chi connectivity index (χ1v) is 22.1. The molecule has 11 aromatic rings. The van der Waals surface area contributed by atoms with E-state index in [4.69, 9.17) is 0 Å². The van der Waals surface area contributed by atoms with Gasteiger partial charge in [-0.15, -0.1) is 0 Å². The first kappa shape index (κ1) is 35.8. The molecule has 13 rings (SSSR count). The highest BCUT2D eigenvalue weighted by molar-refractivity contribution is 6.10. The van der Waals surface area contributed by atoms with Crippen LogP contribution in [0, 0.1) is 0 Å². The summed E-state index contributed by atoms with van der Waals surface area (Å²) < 4.78 is 2.40. The molecule has 1 aromatic heterocycles. The second-order valence-electron chi connectivity index (χ2n) is 17.4. The number of aromatic nitrogens is 1. The minimum atomic E-state index is -0.102. The molecule has 0 aliphatic heterocycles. The molecule has 296 valence electrons. The Balaban J connectivity index is 0.955. The van der Waals surface area contributed by atoms with Crippen LogP contribution in [0.4, 0.5) is 17.1 Å². The highest BCUT2D eigenvalue weighted by Crippen LogP contribution is 2.56.